The lowest BCUT2D eigenvalue weighted by molar-refractivity contribution is -0.124. The molecule has 2 N–H and O–H groups in total. The summed E-state index contributed by atoms with van der Waals surface area (Å²) < 4.78 is 11.0. The molecule has 0 saturated carbocycles. The highest BCUT2D eigenvalue weighted by Crippen LogP contribution is 2.17. The lowest BCUT2D eigenvalue weighted by atomic mass is 9.95. The molecular weight excluding hydrogens is 316 g/mol. The van der Waals surface area contributed by atoms with E-state index in [2.05, 4.69) is 24.5 Å². The number of nitrogens with one attached hydrogen (secondary N) is 2. The van der Waals surface area contributed by atoms with Gasteiger partial charge in [-0.2, -0.15) is 0 Å². The van der Waals surface area contributed by atoms with Gasteiger partial charge in [0.25, 0.3) is 5.91 Å². The predicted octanol–water partition coefficient (Wildman–Crippen LogP) is 2.39. The first-order valence-corrected chi connectivity index (χ1v) is 8.04. The highest BCUT2D eigenvalue weighted by molar-refractivity contribution is 5.85. The smallest absolute Gasteiger partial charge is 0.258 e. The third-order valence-corrected chi connectivity index (χ3v) is 3.80. The first-order chi connectivity index (χ1) is 10.7. The second-order valence-electron chi connectivity index (χ2n) is 5.75. The monoisotopic (exact) mass is 342 g/mol. The van der Waals surface area contributed by atoms with Gasteiger partial charge >= 0.3 is 0 Å². The molecule has 0 aromatic heterocycles. The fraction of sp³-hybridized carbons (Fsp3) is 0.588. The SMILES string of the molecule is CCCOc1ccc(OCC(=O)NC2CCNCC2C)cc1.Cl. The molecule has 6 heteroatoms. The molecule has 0 aliphatic carbocycles. The molecule has 1 aliphatic heterocycles. The van der Waals surface area contributed by atoms with E-state index in [0.717, 1.165) is 31.7 Å². The Labute approximate surface area is 144 Å². The summed E-state index contributed by atoms with van der Waals surface area (Å²) >= 11 is 0. The van der Waals surface area contributed by atoms with Crippen LogP contribution in [0.25, 0.3) is 0 Å². The van der Waals surface area contributed by atoms with Crippen LogP contribution in [0, 0.1) is 5.92 Å². The van der Waals surface area contributed by atoms with E-state index in [1.54, 1.807) is 0 Å². The zero-order valence-electron chi connectivity index (χ0n) is 13.8. The topological polar surface area (TPSA) is 59.6 Å². The normalized spacial score (nSPS) is 20.3. The van der Waals surface area contributed by atoms with E-state index in [9.17, 15) is 4.79 Å². The minimum Gasteiger partial charge on any atom is -0.494 e. The Morgan fingerprint density at radius 2 is 1.91 bits per heavy atom. The maximum absolute atomic E-state index is 12.0. The molecule has 1 aliphatic rings. The highest BCUT2D eigenvalue weighted by Gasteiger charge is 2.22. The zero-order chi connectivity index (χ0) is 15.8. The summed E-state index contributed by atoms with van der Waals surface area (Å²) in [5.41, 5.74) is 0. The fourth-order valence-corrected chi connectivity index (χ4v) is 2.48. The zero-order valence-corrected chi connectivity index (χ0v) is 14.7. The number of amides is 1. The molecule has 5 nitrogen and oxygen atoms in total. The Morgan fingerprint density at radius 3 is 2.52 bits per heavy atom. The molecule has 1 aromatic rings. The predicted molar refractivity (Wildman–Crippen MR) is 93.6 cm³/mol. The van der Waals surface area contributed by atoms with Gasteiger partial charge < -0.3 is 20.1 Å². The largest absolute Gasteiger partial charge is 0.494 e. The number of rotatable bonds is 7. The lowest BCUT2D eigenvalue weighted by Crippen LogP contribution is -2.49. The van der Waals surface area contributed by atoms with E-state index < -0.39 is 0 Å². The molecule has 2 rings (SSSR count). The summed E-state index contributed by atoms with van der Waals surface area (Å²) in [7, 11) is 0. The summed E-state index contributed by atoms with van der Waals surface area (Å²) in [6, 6.07) is 7.61. The van der Waals surface area contributed by atoms with Crippen LogP contribution in [0.5, 0.6) is 11.5 Å². The van der Waals surface area contributed by atoms with Crippen molar-refractivity contribution in [2.75, 3.05) is 26.3 Å². The van der Waals surface area contributed by atoms with Crippen molar-refractivity contribution in [1.82, 2.24) is 10.6 Å². The number of halogens is 1. The van der Waals surface area contributed by atoms with Crippen LogP contribution in [0.15, 0.2) is 24.3 Å². The molecule has 1 heterocycles. The Bertz CT molecular complexity index is 467. The molecular formula is C17H27ClN2O3. The number of carbonyl (C=O) groups is 1. The van der Waals surface area contributed by atoms with Gasteiger partial charge in [-0.25, -0.2) is 0 Å². The summed E-state index contributed by atoms with van der Waals surface area (Å²) in [5.74, 6) is 1.89. The minimum absolute atomic E-state index is 0. The first-order valence-electron chi connectivity index (χ1n) is 8.04. The van der Waals surface area contributed by atoms with Crippen LogP contribution in [-0.2, 0) is 4.79 Å². The summed E-state index contributed by atoms with van der Waals surface area (Å²) in [4.78, 5) is 12.0. The molecule has 2 unspecified atom stereocenters. The maximum Gasteiger partial charge on any atom is 0.258 e. The van der Waals surface area contributed by atoms with Crippen LogP contribution in [0.4, 0.5) is 0 Å². The van der Waals surface area contributed by atoms with E-state index in [4.69, 9.17) is 9.47 Å². The van der Waals surface area contributed by atoms with Crippen molar-refractivity contribution < 1.29 is 14.3 Å². The average molecular weight is 343 g/mol. The molecule has 130 valence electrons. The van der Waals surface area contributed by atoms with Crippen molar-refractivity contribution in [3.05, 3.63) is 24.3 Å². The third-order valence-electron chi connectivity index (χ3n) is 3.80. The maximum atomic E-state index is 12.0. The van der Waals surface area contributed by atoms with Crippen molar-refractivity contribution in [2.24, 2.45) is 5.92 Å². The summed E-state index contributed by atoms with van der Waals surface area (Å²) in [6.07, 6.45) is 1.95. The summed E-state index contributed by atoms with van der Waals surface area (Å²) in [6.45, 7) is 6.87. The van der Waals surface area contributed by atoms with E-state index >= 15 is 0 Å². The third kappa shape index (κ3) is 6.67. The van der Waals surface area contributed by atoms with E-state index in [1.165, 1.54) is 0 Å². The van der Waals surface area contributed by atoms with Gasteiger partial charge in [0.15, 0.2) is 6.61 Å². The van der Waals surface area contributed by atoms with Crippen molar-refractivity contribution in [3.8, 4) is 11.5 Å². The van der Waals surface area contributed by atoms with E-state index in [-0.39, 0.29) is 31.0 Å². The second kappa shape index (κ2) is 10.3. The Morgan fingerprint density at radius 1 is 1.26 bits per heavy atom. The second-order valence-corrected chi connectivity index (χ2v) is 5.75. The Hall–Kier alpha value is -1.46. The first kappa shape index (κ1) is 19.6. The number of ether oxygens (including phenoxy) is 2. The molecule has 1 aromatic carbocycles. The van der Waals surface area contributed by atoms with Gasteiger partial charge in [0.2, 0.25) is 0 Å². The Kier molecular flexibility index (Phi) is 8.81. The molecule has 1 fully saturated rings. The number of carbonyl (C=O) groups excluding carboxylic acids is 1. The number of piperidine rings is 1. The molecule has 0 bridgehead atoms. The van der Waals surface area contributed by atoms with Gasteiger partial charge in [0.05, 0.1) is 6.61 Å². The van der Waals surface area contributed by atoms with Crippen molar-refractivity contribution >= 4 is 18.3 Å². The number of hydrogen-bond donors (Lipinski definition) is 2. The average Bonchev–Trinajstić information content (AvgIpc) is 2.54. The van der Waals surface area contributed by atoms with Crippen LogP contribution in [0.3, 0.4) is 0 Å². The van der Waals surface area contributed by atoms with E-state index in [0.29, 0.717) is 18.3 Å². The van der Waals surface area contributed by atoms with Gasteiger partial charge in [-0.05, 0) is 56.1 Å². The van der Waals surface area contributed by atoms with Crippen molar-refractivity contribution in [3.63, 3.8) is 0 Å². The molecule has 2 atom stereocenters. The molecule has 23 heavy (non-hydrogen) atoms. The minimum atomic E-state index is -0.0648. The number of hydrogen-bond acceptors (Lipinski definition) is 4. The highest BCUT2D eigenvalue weighted by atomic mass is 35.5. The summed E-state index contributed by atoms with van der Waals surface area (Å²) in [5, 5.41) is 6.37. The van der Waals surface area contributed by atoms with Gasteiger partial charge in [-0.1, -0.05) is 13.8 Å². The van der Waals surface area contributed by atoms with E-state index in [1.807, 2.05) is 24.3 Å². The van der Waals surface area contributed by atoms with Gasteiger partial charge in [-0.3, -0.25) is 4.79 Å². The van der Waals surface area contributed by atoms with Gasteiger partial charge in [-0.15, -0.1) is 12.4 Å². The van der Waals surface area contributed by atoms with Crippen LogP contribution < -0.4 is 20.1 Å². The fourth-order valence-electron chi connectivity index (χ4n) is 2.48. The van der Waals surface area contributed by atoms with Gasteiger partial charge in [0.1, 0.15) is 11.5 Å². The van der Waals surface area contributed by atoms with Crippen LogP contribution >= 0.6 is 12.4 Å². The molecule has 1 amide bonds. The molecule has 0 radical (unpaired) electrons. The van der Waals surface area contributed by atoms with Crippen LogP contribution in [-0.4, -0.2) is 38.3 Å². The van der Waals surface area contributed by atoms with Gasteiger partial charge in [0, 0.05) is 6.04 Å². The quantitative estimate of drug-likeness (QED) is 0.798. The molecule has 0 spiro atoms. The lowest BCUT2D eigenvalue weighted by Gasteiger charge is -2.30. The van der Waals surface area contributed by atoms with Crippen LogP contribution in [0.1, 0.15) is 26.7 Å². The molecule has 1 saturated heterocycles. The van der Waals surface area contributed by atoms with Crippen molar-refractivity contribution in [2.45, 2.75) is 32.7 Å². The number of benzene rings is 1. The standard InChI is InChI=1S/C17H26N2O3.ClH/c1-3-10-21-14-4-6-15(7-5-14)22-12-17(20)19-16-8-9-18-11-13(16)2;/h4-7,13,16,18H,3,8-12H2,1-2H3,(H,19,20);1H. The Balaban J connectivity index is 0.00000264. The van der Waals surface area contributed by atoms with Crippen LogP contribution in [0.2, 0.25) is 0 Å². The van der Waals surface area contributed by atoms with Crippen molar-refractivity contribution in [1.29, 1.82) is 0 Å².